The van der Waals surface area contributed by atoms with Gasteiger partial charge in [0.15, 0.2) is 0 Å². The van der Waals surface area contributed by atoms with Crippen LogP contribution < -0.4 is 5.32 Å². The highest BCUT2D eigenvalue weighted by molar-refractivity contribution is 6.13. The minimum Gasteiger partial charge on any atom is -0.317 e. The molecule has 1 N–H and O–H groups in total. The minimum atomic E-state index is -0.398. The van der Waals surface area contributed by atoms with Gasteiger partial charge in [-0.1, -0.05) is 42.0 Å². The van der Waals surface area contributed by atoms with Gasteiger partial charge in [-0.3, -0.25) is 9.69 Å². The summed E-state index contributed by atoms with van der Waals surface area (Å²) < 4.78 is 1.99. The van der Waals surface area contributed by atoms with Gasteiger partial charge in [0.1, 0.15) is 5.70 Å². The van der Waals surface area contributed by atoms with Gasteiger partial charge in [0.2, 0.25) is 0 Å². The number of imide groups is 1. The number of urea groups is 1. The lowest BCUT2D eigenvalue weighted by Crippen LogP contribution is -2.30. The van der Waals surface area contributed by atoms with Gasteiger partial charge in [-0.15, -0.1) is 0 Å². The van der Waals surface area contributed by atoms with Crippen LogP contribution in [0.4, 0.5) is 4.79 Å². The standard InChI is InChI=1S/C23H21N3O2/c1-16-8-10-18(11-9-16)15-26-22(27)21(24-23(26)28)14-20-7-4-12-25(20)19-6-3-5-17(2)13-19/h3-14H,15H2,1-2H3,(H,24,28)/b21-14+. The molecule has 1 aromatic heterocycles. The highest BCUT2D eigenvalue weighted by atomic mass is 16.2. The van der Waals surface area contributed by atoms with Crippen molar-refractivity contribution in [3.63, 3.8) is 0 Å². The summed E-state index contributed by atoms with van der Waals surface area (Å²) in [4.78, 5) is 26.4. The number of aromatic nitrogens is 1. The number of hydrogen-bond donors (Lipinski definition) is 1. The van der Waals surface area contributed by atoms with Crippen LogP contribution in [0, 0.1) is 13.8 Å². The van der Waals surface area contributed by atoms with Crippen LogP contribution in [-0.2, 0) is 11.3 Å². The third-order valence-corrected chi connectivity index (χ3v) is 4.78. The predicted molar refractivity (Wildman–Crippen MR) is 109 cm³/mol. The summed E-state index contributed by atoms with van der Waals surface area (Å²) in [5.74, 6) is -0.317. The Bertz CT molecular complexity index is 1080. The Morgan fingerprint density at radius 2 is 1.71 bits per heavy atom. The first-order valence-electron chi connectivity index (χ1n) is 9.16. The van der Waals surface area contributed by atoms with E-state index in [1.54, 1.807) is 6.08 Å². The van der Waals surface area contributed by atoms with Crippen LogP contribution in [0.2, 0.25) is 0 Å². The summed E-state index contributed by atoms with van der Waals surface area (Å²) in [6.45, 7) is 4.29. The molecule has 2 aromatic carbocycles. The minimum absolute atomic E-state index is 0.251. The van der Waals surface area contributed by atoms with Crippen molar-refractivity contribution in [2.45, 2.75) is 20.4 Å². The third kappa shape index (κ3) is 3.47. The van der Waals surface area contributed by atoms with Crippen molar-refractivity contribution in [2.24, 2.45) is 0 Å². The second-order valence-corrected chi connectivity index (χ2v) is 7.01. The van der Waals surface area contributed by atoms with E-state index in [2.05, 4.69) is 11.4 Å². The van der Waals surface area contributed by atoms with Gasteiger partial charge in [-0.2, -0.15) is 0 Å². The lowest BCUT2D eigenvalue weighted by Gasteiger charge is -2.12. The maximum absolute atomic E-state index is 12.8. The molecule has 4 rings (SSSR count). The average Bonchev–Trinajstić information content (AvgIpc) is 3.24. The lowest BCUT2D eigenvalue weighted by atomic mass is 10.1. The Labute approximate surface area is 163 Å². The number of benzene rings is 2. The van der Waals surface area contributed by atoms with Crippen LogP contribution in [-0.4, -0.2) is 21.4 Å². The van der Waals surface area contributed by atoms with E-state index in [-0.39, 0.29) is 18.1 Å². The molecule has 1 fully saturated rings. The summed E-state index contributed by atoms with van der Waals surface area (Å²) in [7, 11) is 0. The maximum atomic E-state index is 12.8. The zero-order chi connectivity index (χ0) is 19.7. The summed E-state index contributed by atoms with van der Waals surface area (Å²) in [5.41, 5.74) is 5.32. The van der Waals surface area contributed by atoms with Crippen molar-refractivity contribution < 1.29 is 9.59 Å². The predicted octanol–water partition coefficient (Wildman–Crippen LogP) is 4.19. The third-order valence-electron chi connectivity index (χ3n) is 4.78. The Balaban J connectivity index is 1.60. The molecule has 28 heavy (non-hydrogen) atoms. The second kappa shape index (κ2) is 7.19. The molecule has 1 aliphatic rings. The molecule has 1 aliphatic heterocycles. The first-order chi connectivity index (χ1) is 13.5. The van der Waals surface area contributed by atoms with E-state index in [1.165, 1.54) is 4.90 Å². The zero-order valence-electron chi connectivity index (χ0n) is 15.8. The molecule has 0 saturated carbocycles. The fourth-order valence-corrected chi connectivity index (χ4v) is 3.26. The number of amides is 3. The van der Waals surface area contributed by atoms with Gasteiger partial charge in [0.25, 0.3) is 5.91 Å². The van der Waals surface area contributed by atoms with E-state index < -0.39 is 6.03 Å². The van der Waals surface area contributed by atoms with E-state index >= 15 is 0 Å². The summed E-state index contributed by atoms with van der Waals surface area (Å²) in [5, 5.41) is 2.70. The monoisotopic (exact) mass is 371 g/mol. The van der Waals surface area contributed by atoms with Crippen LogP contribution in [0.3, 0.4) is 0 Å². The molecule has 5 heteroatoms. The Hall–Kier alpha value is -3.60. The molecule has 3 aromatic rings. The quantitative estimate of drug-likeness (QED) is 0.552. The normalized spacial score (nSPS) is 15.4. The molecule has 140 valence electrons. The van der Waals surface area contributed by atoms with Gasteiger partial charge in [0.05, 0.1) is 6.54 Å². The number of nitrogens with one attached hydrogen (secondary N) is 1. The number of carbonyl (C=O) groups excluding carboxylic acids is 2. The van der Waals surface area contributed by atoms with Crippen molar-refractivity contribution >= 4 is 18.0 Å². The van der Waals surface area contributed by atoms with Gasteiger partial charge in [-0.05, 0) is 55.3 Å². The average molecular weight is 371 g/mol. The van der Waals surface area contributed by atoms with E-state index in [0.717, 1.165) is 28.1 Å². The molecule has 0 atom stereocenters. The van der Waals surface area contributed by atoms with Gasteiger partial charge >= 0.3 is 6.03 Å². The van der Waals surface area contributed by atoms with Gasteiger partial charge in [-0.25, -0.2) is 4.79 Å². The molecule has 0 spiro atoms. The van der Waals surface area contributed by atoms with E-state index in [0.29, 0.717) is 0 Å². The largest absolute Gasteiger partial charge is 0.329 e. The Morgan fingerprint density at radius 3 is 2.46 bits per heavy atom. The summed E-state index contributed by atoms with van der Waals surface area (Å²) in [6.07, 6.45) is 3.66. The topological polar surface area (TPSA) is 54.3 Å². The van der Waals surface area contributed by atoms with Crippen LogP contribution in [0.15, 0.2) is 72.6 Å². The molecule has 3 amide bonds. The molecule has 0 aliphatic carbocycles. The molecule has 1 saturated heterocycles. The fourth-order valence-electron chi connectivity index (χ4n) is 3.26. The van der Waals surface area contributed by atoms with Crippen LogP contribution in [0.1, 0.15) is 22.4 Å². The number of hydrogen-bond acceptors (Lipinski definition) is 2. The summed E-state index contributed by atoms with van der Waals surface area (Å²) >= 11 is 0. The number of carbonyl (C=O) groups is 2. The molecule has 0 unspecified atom stereocenters. The molecule has 5 nitrogen and oxygen atoms in total. The zero-order valence-corrected chi connectivity index (χ0v) is 15.8. The summed E-state index contributed by atoms with van der Waals surface area (Å²) in [6, 6.07) is 19.3. The van der Waals surface area contributed by atoms with E-state index in [4.69, 9.17) is 0 Å². The first kappa shape index (κ1) is 17.8. The van der Waals surface area contributed by atoms with Crippen molar-refractivity contribution in [3.05, 3.63) is 94.9 Å². The van der Waals surface area contributed by atoms with E-state index in [1.807, 2.05) is 79.2 Å². The fraction of sp³-hybridized carbons (Fsp3) is 0.130. The van der Waals surface area contributed by atoms with Crippen LogP contribution >= 0.6 is 0 Å². The van der Waals surface area contributed by atoms with Gasteiger partial charge < -0.3 is 9.88 Å². The number of rotatable bonds is 4. The Morgan fingerprint density at radius 1 is 0.929 bits per heavy atom. The highest BCUT2D eigenvalue weighted by Gasteiger charge is 2.33. The molecular weight excluding hydrogens is 350 g/mol. The van der Waals surface area contributed by atoms with Crippen molar-refractivity contribution in [1.82, 2.24) is 14.8 Å². The molecule has 0 radical (unpaired) electrons. The van der Waals surface area contributed by atoms with Crippen molar-refractivity contribution in [3.8, 4) is 5.69 Å². The SMILES string of the molecule is Cc1ccc(CN2C(=O)N/C(=C/c3cccn3-c3cccc(C)c3)C2=O)cc1. The van der Waals surface area contributed by atoms with Crippen LogP contribution in [0.5, 0.6) is 0 Å². The number of aryl methyl sites for hydroxylation is 2. The molecular formula is C23H21N3O2. The highest BCUT2D eigenvalue weighted by Crippen LogP contribution is 2.20. The lowest BCUT2D eigenvalue weighted by molar-refractivity contribution is -0.123. The Kier molecular flexibility index (Phi) is 4.57. The van der Waals surface area contributed by atoms with E-state index in [9.17, 15) is 9.59 Å². The first-order valence-corrected chi connectivity index (χ1v) is 9.16. The van der Waals surface area contributed by atoms with Crippen molar-refractivity contribution in [2.75, 3.05) is 0 Å². The van der Waals surface area contributed by atoms with Crippen molar-refractivity contribution in [1.29, 1.82) is 0 Å². The second-order valence-electron chi connectivity index (χ2n) is 7.01. The van der Waals surface area contributed by atoms with Crippen LogP contribution in [0.25, 0.3) is 11.8 Å². The number of nitrogens with zero attached hydrogens (tertiary/aromatic N) is 2. The maximum Gasteiger partial charge on any atom is 0.329 e. The smallest absolute Gasteiger partial charge is 0.317 e. The molecule has 2 heterocycles. The van der Waals surface area contributed by atoms with Gasteiger partial charge in [0, 0.05) is 17.6 Å². The molecule has 0 bridgehead atoms.